The van der Waals surface area contributed by atoms with E-state index in [0.717, 1.165) is 11.8 Å². The van der Waals surface area contributed by atoms with Gasteiger partial charge in [-0.15, -0.1) is 0 Å². The Labute approximate surface area is 141 Å². The smallest absolute Gasteiger partial charge is 0.326 e. The molecule has 0 fully saturated rings. The van der Waals surface area contributed by atoms with Crippen molar-refractivity contribution in [3.63, 3.8) is 0 Å². The van der Waals surface area contributed by atoms with Crippen LogP contribution in [0.1, 0.15) is 36.2 Å². The molecule has 8 heteroatoms. The van der Waals surface area contributed by atoms with E-state index >= 15 is 0 Å². The van der Waals surface area contributed by atoms with Crippen LogP contribution in [0.5, 0.6) is 0 Å². The number of amides is 1. The number of anilines is 1. The summed E-state index contributed by atoms with van der Waals surface area (Å²) in [7, 11) is -3.34. The number of carboxylic acid groups (broad SMARTS) is 1. The number of fused-ring (bicyclic) bond motifs is 1. The number of nitrogens with one attached hydrogen (secondary N) is 1. The lowest BCUT2D eigenvalue weighted by Crippen LogP contribution is -2.41. The van der Waals surface area contributed by atoms with Gasteiger partial charge in [0.25, 0.3) is 5.91 Å². The van der Waals surface area contributed by atoms with Crippen molar-refractivity contribution in [3.05, 3.63) is 29.3 Å². The summed E-state index contributed by atoms with van der Waals surface area (Å²) >= 11 is 0. The van der Waals surface area contributed by atoms with Gasteiger partial charge < -0.3 is 10.4 Å². The Balaban J connectivity index is 2.19. The van der Waals surface area contributed by atoms with Gasteiger partial charge >= 0.3 is 5.97 Å². The van der Waals surface area contributed by atoms with Crippen molar-refractivity contribution in [2.75, 3.05) is 17.1 Å². The topological polar surface area (TPSA) is 104 Å². The highest BCUT2D eigenvalue weighted by Crippen LogP contribution is 2.30. The molecule has 0 saturated carbocycles. The number of nitrogens with zero attached hydrogens (tertiary/aromatic N) is 1. The van der Waals surface area contributed by atoms with Gasteiger partial charge in [-0.25, -0.2) is 13.2 Å². The van der Waals surface area contributed by atoms with E-state index in [4.69, 9.17) is 0 Å². The summed E-state index contributed by atoms with van der Waals surface area (Å²) in [6, 6.07) is 3.80. The van der Waals surface area contributed by atoms with E-state index in [2.05, 4.69) is 5.32 Å². The number of hydrogen-bond donors (Lipinski definition) is 2. The minimum absolute atomic E-state index is 0.134. The highest BCUT2D eigenvalue weighted by atomic mass is 32.2. The third-order valence-electron chi connectivity index (χ3n) is 3.91. The molecule has 0 aromatic heterocycles. The molecule has 2 rings (SSSR count). The molecule has 0 bridgehead atoms. The third kappa shape index (κ3) is 4.05. The zero-order chi connectivity index (χ0) is 18.1. The van der Waals surface area contributed by atoms with Crippen molar-refractivity contribution < 1.29 is 23.1 Å². The van der Waals surface area contributed by atoms with Gasteiger partial charge in [-0.2, -0.15) is 0 Å². The fourth-order valence-electron chi connectivity index (χ4n) is 2.79. The number of carbonyl (C=O) groups is 2. The first-order valence-corrected chi connectivity index (χ1v) is 9.58. The van der Waals surface area contributed by atoms with Crippen LogP contribution >= 0.6 is 0 Å². The lowest BCUT2D eigenvalue weighted by molar-refractivity contribution is -0.139. The van der Waals surface area contributed by atoms with Gasteiger partial charge in [-0.3, -0.25) is 9.10 Å². The van der Waals surface area contributed by atoms with E-state index in [0.29, 0.717) is 30.6 Å². The maximum absolute atomic E-state index is 12.3. The van der Waals surface area contributed by atoms with Crippen LogP contribution < -0.4 is 9.62 Å². The number of rotatable bonds is 6. The van der Waals surface area contributed by atoms with Gasteiger partial charge in [0, 0.05) is 12.1 Å². The van der Waals surface area contributed by atoms with Gasteiger partial charge in [0.05, 0.1) is 11.9 Å². The third-order valence-corrected chi connectivity index (χ3v) is 5.09. The minimum atomic E-state index is -3.34. The van der Waals surface area contributed by atoms with Crippen molar-refractivity contribution >= 4 is 27.6 Å². The largest absolute Gasteiger partial charge is 0.480 e. The molecule has 0 radical (unpaired) electrons. The second-order valence-corrected chi connectivity index (χ2v) is 8.33. The first-order valence-electron chi connectivity index (χ1n) is 7.74. The molecule has 1 aromatic carbocycles. The molecule has 0 saturated heterocycles. The van der Waals surface area contributed by atoms with Gasteiger partial charge in [-0.05, 0) is 42.5 Å². The SMILES string of the molecule is CC(C)CC(NC(=O)c1ccc2c(c1)CCN2S(C)(=O)=O)C(=O)O. The molecule has 7 nitrogen and oxygen atoms in total. The summed E-state index contributed by atoms with van der Waals surface area (Å²) in [6.07, 6.45) is 2.01. The van der Waals surface area contributed by atoms with Crippen LogP contribution in [0.3, 0.4) is 0 Å². The second-order valence-electron chi connectivity index (χ2n) is 6.42. The molecule has 1 aliphatic heterocycles. The van der Waals surface area contributed by atoms with Crippen LogP contribution in [-0.4, -0.2) is 44.2 Å². The zero-order valence-corrected chi connectivity index (χ0v) is 14.8. The van der Waals surface area contributed by atoms with Gasteiger partial charge in [0.2, 0.25) is 10.0 Å². The van der Waals surface area contributed by atoms with Crippen molar-refractivity contribution in [2.45, 2.75) is 32.7 Å². The molecule has 1 aromatic rings. The molecular weight excluding hydrogens is 332 g/mol. The van der Waals surface area contributed by atoms with E-state index in [1.807, 2.05) is 13.8 Å². The molecule has 2 N–H and O–H groups in total. The summed E-state index contributed by atoms with van der Waals surface area (Å²) in [5, 5.41) is 11.7. The number of carbonyl (C=O) groups excluding carboxylic acids is 1. The normalized spacial score (nSPS) is 15.2. The van der Waals surface area contributed by atoms with E-state index in [-0.39, 0.29) is 5.92 Å². The molecule has 0 aliphatic carbocycles. The van der Waals surface area contributed by atoms with Crippen molar-refractivity contribution in [1.29, 1.82) is 0 Å². The minimum Gasteiger partial charge on any atom is -0.480 e. The molecule has 0 spiro atoms. The van der Waals surface area contributed by atoms with E-state index in [1.165, 1.54) is 10.4 Å². The maximum atomic E-state index is 12.3. The fourth-order valence-corrected chi connectivity index (χ4v) is 3.75. The highest BCUT2D eigenvalue weighted by molar-refractivity contribution is 7.92. The van der Waals surface area contributed by atoms with E-state index in [9.17, 15) is 23.1 Å². The lowest BCUT2D eigenvalue weighted by atomic mass is 10.0. The maximum Gasteiger partial charge on any atom is 0.326 e. The van der Waals surface area contributed by atoms with Crippen molar-refractivity contribution in [2.24, 2.45) is 5.92 Å². The van der Waals surface area contributed by atoms with Crippen molar-refractivity contribution in [1.82, 2.24) is 5.32 Å². The number of benzene rings is 1. The summed E-state index contributed by atoms with van der Waals surface area (Å²) in [6.45, 7) is 4.12. The van der Waals surface area contributed by atoms with Crippen LogP contribution in [0.15, 0.2) is 18.2 Å². The molecule has 1 unspecified atom stereocenters. The molecule has 1 aliphatic rings. The zero-order valence-electron chi connectivity index (χ0n) is 13.9. The number of sulfonamides is 1. The highest BCUT2D eigenvalue weighted by Gasteiger charge is 2.27. The Hall–Kier alpha value is -2.09. The predicted molar refractivity (Wildman–Crippen MR) is 90.7 cm³/mol. The summed E-state index contributed by atoms with van der Waals surface area (Å²) in [5.74, 6) is -1.40. The standard InChI is InChI=1S/C16H22N2O5S/c1-10(2)8-13(16(20)21)17-15(19)12-4-5-14-11(9-12)6-7-18(14)24(3,22)23/h4-5,9-10,13H,6-8H2,1-3H3,(H,17,19)(H,20,21). The molecule has 132 valence electrons. The predicted octanol–water partition coefficient (Wildman–Crippen LogP) is 1.24. The summed E-state index contributed by atoms with van der Waals surface area (Å²) in [5.41, 5.74) is 1.67. The van der Waals surface area contributed by atoms with Gasteiger partial charge in [0.1, 0.15) is 6.04 Å². The van der Waals surface area contributed by atoms with Gasteiger partial charge in [0.15, 0.2) is 0 Å². The Morgan fingerprint density at radius 3 is 2.54 bits per heavy atom. The molecular formula is C16H22N2O5S. The quantitative estimate of drug-likeness (QED) is 0.800. The molecule has 24 heavy (non-hydrogen) atoms. The van der Waals surface area contributed by atoms with Crippen LogP contribution in [0, 0.1) is 5.92 Å². The van der Waals surface area contributed by atoms with Crippen molar-refractivity contribution in [3.8, 4) is 0 Å². The first kappa shape index (κ1) is 18.3. The van der Waals surface area contributed by atoms with E-state index < -0.39 is 27.9 Å². The Morgan fingerprint density at radius 1 is 1.33 bits per heavy atom. The van der Waals surface area contributed by atoms with Crippen LogP contribution in [0.25, 0.3) is 0 Å². The second kappa shape index (κ2) is 6.80. The van der Waals surface area contributed by atoms with Gasteiger partial charge in [-0.1, -0.05) is 13.8 Å². The summed E-state index contributed by atoms with van der Waals surface area (Å²) in [4.78, 5) is 23.6. The Kier molecular flexibility index (Phi) is 5.17. The molecule has 1 atom stereocenters. The number of hydrogen-bond acceptors (Lipinski definition) is 4. The lowest BCUT2D eigenvalue weighted by Gasteiger charge is -2.18. The first-order chi connectivity index (χ1) is 11.1. The molecule has 1 amide bonds. The fraction of sp³-hybridized carbons (Fsp3) is 0.500. The summed E-state index contributed by atoms with van der Waals surface area (Å²) < 4.78 is 24.7. The monoisotopic (exact) mass is 354 g/mol. The van der Waals surface area contributed by atoms with Crippen LogP contribution in [0.2, 0.25) is 0 Å². The molecule has 1 heterocycles. The van der Waals surface area contributed by atoms with Crippen LogP contribution in [0.4, 0.5) is 5.69 Å². The van der Waals surface area contributed by atoms with Crippen LogP contribution in [-0.2, 0) is 21.2 Å². The Bertz CT molecular complexity index is 758. The number of aliphatic carboxylic acids is 1. The Morgan fingerprint density at radius 2 is 2.00 bits per heavy atom. The average molecular weight is 354 g/mol. The van der Waals surface area contributed by atoms with E-state index in [1.54, 1.807) is 12.1 Å². The average Bonchev–Trinajstić information content (AvgIpc) is 2.88. The number of carboxylic acids is 1.